The summed E-state index contributed by atoms with van der Waals surface area (Å²) >= 11 is 0. The normalized spacial score (nSPS) is 11.4. The topological polar surface area (TPSA) is 76.3 Å². The lowest BCUT2D eigenvalue weighted by Gasteiger charge is -2.20. The Kier molecular flexibility index (Phi) is 7.88. The summed E-state index contributed by atoms with van der Waals surface area (Å²) in [5.41, 5.74) is 11.9. The van der Waals surface area contributed by atoms with E-state index in [9.17, 15) is 9.59 Å². The number of nitrogens with two attached hydrogens (primary N) is 1. The average Bonchev–Trinajstić information content (AvgIpc) is 2.79. The molecular weight excluding hydrogens is 453 g/mol. The number of carbonyl (C=O) groups is 2. The molecule has 3 rings (SSSR count). The van der Waals surface area contributed by atoms with Gasteiger partial charge in [0.05, 0.1) is 11.1 Å². The number of hydrogen-bond donors (Lipinski definition) is 1. The van der Waals surface area contributed by atoms with Crippen LogP contribution in [0.3, 0.4) is 0 Å². The molecule has 0 radical (unpaired) electrons. The maximum absolute atomic E-state index is 15.0. The summed E-state index contributed by atoms with van der Waals surface area (Å²) in [6.45, 7) is 15.3. The van der Waals surface area contributed by atoms with Gasteiger partial charge >= 0.3 is 0 Å². The Hall–Kier alpha value is -4.06. The van der Waals surface area contributed by atoms with E-state index >= 15 is 4.39 Å². The Morgan fingerprint density at radius 3 is 2.47 bits per heavy atom. The maximum Gasteiger partial charge on any atom is 0.253 e. The van der Waals surface area contributed by atoms with E-state index in [1.165, 1.54) is 4.90 Å². The highest BCUT2D eigenvalue weighted by Gasteiger charge is 2.17. The largest absolute Gasteiger partial charge is 0.366 e. The molecule has 2 amide bonds. The molecule has 0 aliphatic rings. The number of pyridine rings is 1. The van der Waals surface area contributed by atoms with Crippen LogP contribution in [0.4, 0.5) is 4.39 Å². The number of likely N-dealkylation sites (N-methyl/N-ethyl adjacent to an activating group) is 1. The number of halogens is 1. The standard InChI is InChI=1S/C30H32FN3O2/c1-17(2)26-20(5)8-9-23(27(26)31)16-34(7)30(36)21(6)10-18(3)11-22-13-24-12-19(4)15-33-28(24)25(14-22)29(32)35/h8-10,12-15H,1,6,11,16H2,2-5,7H3,(H2,32,35)/b18-10+. The molecule has 1 heterocycles. The van der Waals surface area contributed by atoms with Crippen molar-refractivity contribution in [2.75, 3.05) is 7.05 Å². The third kappa shape index (κ3) is 5.77. The number of rotatable bonds is 8. The van der Waals surface area contributed by atoms with Crippen LogP contribution < -0.4 is 5.73 Å². The lowest BCUT2D eigenvalue weighted by molar-refractivity contribution is -0.126. The van der Waals surface area contributed by atoms with E-state index in [0.717, 1.165) is 27.6 Å². The number of nitrogens with zero attached hydrogens (tertiary/aromatic N) is 2. The van der Waals surface area contributed by atoms with Crippen molar-refractivity contribution in [1.82, 2.24) is 9.88 Å². The van der Waals surface area contributed by atoms with Crippen molar-refractivity contribution < 1.29 is 14.0 Å². The number of fused-ring (bicyclic) bond motifs is 1. The Balaban J connectivity index is 1.79. The number of amides is 2. The molecule has 2 aromatic carbocycles. The molecule has 3 aromatic rings. The SMILES string of the molecule is C=C(/C=C(\C)Cc1cc(C(N)=O)c2ncc(C)cc2c1)C(=O)N(C)Cc1ccc(C)c(C(=C)C)c1F. The van der Waals surface area contributed by atoms with Crippen molar-refractivity contribution in [2.45, 2.75) is 40.7 Å². The number of benzene rings is 2. The van der Waals surface area contributed by atoms with E-state index in [2.05, 4.69) is 18.1 Å². The fourth-order valence-corrected chi connectivity index (χ4v) is 4.38. The van der Waals surface area contributed by atoms with Gasteiger partial charge in [0, 0.05) is 41.9 Å². The fourth-order valence-electron chi connectivity index (χ4n) is 4.38. The summed E-state index contributed by atoms with van der Waals surface area (Å²) in [5, 5.41) is 0.831. The van der Waals surface area contributed by atoms with Crippen molar-refractivity contribution in [3.8, 4) is 0 Å². The molecule has 2 N–H and O–H groups in total. The van der Waals surface area contributed by atoms with Gasteiger partial charge in [-0.3, -0.25) is 14.6 Å². The highest BCUT2D eigenvalue weighted by molar-refractivity contribution is 6.05. The second-order valence-corrected chi connectivity index (χ2v) is 9.46. The molecule has 0 saturated heterocycles. The van der Waals surface area contributed by atoms with E-state index in [1.807, 2.05) is 39.0 Å². The van der Waals surface area contributed by atoms with Crippen LogP contribution in [0.25, 0.3) is 16.5 Å². The van der Waals surface area contributed by atoms with Gasteiger partial charge < -0.3 is 10.6 Å². The average molecular weight is 486 g/mol. The maximum atomic E-state index is 15.0. The molecule has 0 saturated carbocycles. The Morgan fingerprint density at radius 2 is 1.83 bits per heavy atom. The summed E-state index contributed by atoms with van der Waals surface area (Å²) in [5.74, 6) is -1.20. The zero-order valence-electron chi connectivity index (χ0n) is 21.5. The predicted molar refractivity (Wildman–Crippen MR) is 144 cm³/mol. The van der Waals surface area contributed by atoms with Crippen LogP contribution in [-0.2, 0) is 17.8 Å². The zero-order valence-corrected chi connectivity index (χ0v) is 21.5. The van der Waals surface area contributed by atoms with Gasteiger partial charge in [0.2, 0.25) is 0 Å². The number of aromatic nitrogens is 1. The van der Waals surface area contributed by atoms with E-state index in [1.54, 1.807) is 38.4 Å². The van der Waals surface area contributed by atoms with E-state index in [-0.39, 0.29) is 23.8 Å². The van der Waals surface area contributed by atoms with Crippen molar-refractivity contribution in [2.24, 2.45) is 5.73 Å². The van der Waals surface area contributed by atoms with Gasteiger partial charge in [-0.15, -0.1) is 0 Å². The van der Waals surface area contributed by atoms with Crippen molar-refractivity contribution >= 4 is 28.3 Å². The Bertz CT molecular complexity index is 1440. The molecule has 0 unspecified atom stereocenters. The minimum absolute atomic E-state index is 0.107. The molecule has 0 fully saturated rings. The van der Waals surface area contributed by atoms with Gasteiger partial charge in [0.1, 0.15) is 5.82 Å². The summed E-state index contributed by atoms with van der Waals surface area (Å²) < 4.78 is 15.0. The molecule has 0 bridgehead atoms. The van der Waals surface area contributed by atoms with Crippen molar-refractivity contribution in [3.05, 3.63) is 106 Å². The zero-order chi connectivity index (χ0) is 26.7. The van der Waals surface area contributed by atoms with Crippen LogP contribution in [0.2, 0.25) is 0 Å². The van der Waals surface area contributed by atoms with Crippen molar-refractivity contribution in [1.29, 1.82) is 0 Å². The molecule has 0 aliphatic carbocycles. The quantitative estimate of drug-likeness (QED) is 0.322. The number of aryl methyl sites for hydroxylation is 2. The predicted octanol–water partition coefficient (Wildman–Crippen LogP) is 5.83. The van der Waals surface area contributed by atoms with Crippen LogP contribution in [0, 0.1) is 19.7 Å². The van der Waals surface area contributed by atoms with Crippen LogP contribution in [0.1, 0.15) is 52.0 Å². The van der Waals surface area contributed by atoms with Gasteiger partial charge in [-0.1, -0.05) is 36.9 Å². The van der Waals surface area contributed by atoms with E-state index in [4.69, 9.17) is 5.73 Å². The minimum Gasteiger partial charge on any atom is -0.366 e. The van der Waals surface area contributed by atoms with Crippen LogP contribution in [0.15, 0.2) is 66.9 Å². The second kappa shape index (κ2) is 10.7. The minimum atomic E-state index is -0.542. The first kappa shape index (κ1) is 26.5. The van der Waals surface area contributed by atoms with Crippen molar-refractivity contribution in [3.63, 3.8) is 0 Å². The Labute approximate surface area is 211 Å². The van der Waals surface area contributed by atoms with Crippen LogP contribution >= 0.6 is 0 Å². The molecule has 6 heteroatoms. The first-order chi connectivity index (χ1) is 16.9. The van der Waals surface area contributed by atoms with E-state index < -0.39 is 5.91 Å². The molecule has 1 aromatic heterocycles. The fraction of sp³-hybridized carbons (Fsp3) is 0.233. The highest BCUT2D eigenvalue weighted by atomic mass is 19.1. The van der Waals surface area contributed by atoms with Crippen LogP contribution in [-0.4, -0.2) is 28.7 Å². The molecular formula is C30H32FN3O2. The summed E-state index contributed by atoms with van der Waals surface area (Å²) in [4.78, 5) is 30.8. The van der Waals surface area contributed by atoms with Crippen LogP contribution in [0.5, 0.6) is 0 Å². The molecule has 5 nitrogen and oxygen atoms in total. The lowest BCUT2D eigenvalue weighted by Crippen LogP contribution is -2.27. The monoisotopic (exact) mass is 485 g/mol. The number of primary amides is 1. The molecule has 0 spiro atoms. The number of carbonyl (C=O) groups excluding carboxylic acids is 2. The number of allylic oxidation sites excluding steroid dienone is 2. The number of hydrogen-bond acceptors (Lipinski definition) is 3. The van der Waals surface area contributed by atoms with Gasteiger partial charge in [-0.25, -0.2) is 4.39 Å². The van der Waals surface area contributed by atoms with Gasteiger partial charge in [0.15, 0.2) is 0 Å². The Morgan fingerprint density at radius 1 is 1.14 bits per heavy atom. The second-order valence-electron chi connectivity index (χ2n) is 9.46. The third-order valence-corrected chi connectivity index (χ3v) is 6.03. The van der Waals surface area contributed by atoms with Gasteiger partial charge in [0.25, 0.3) is 11.8 Å². The molecule has 36 heavy (non-hydrogen) atoms. The third-order valence-electron chi connectivity index (χ3n) is 6.03. The first-order valence-electron chi connectivity index (χ1n) is 11.6. The molecule has 0 aliphatic heterocycles. The molecule has 0 atom stereocenters. The summed E-state index contributed by atoms with van der Waals surface area (Å²) in [7, 11) is 1.62. The van der Waals surface area contributed by atoms with Gasteiger partial charge in [-0.2, -0.15) is 0 Å². The summed E-state index contributed by atoms with van der Waals surface area (Å²) in [6.07, 6.45) is 3.91. The smallest absolute Gasteiger partial charge is 0.253 e. The highest BCUT2D eigenvalue weighted by Crippen LogP contribution is 2.25. The van der Waals surface area contributed by atoms with Gasteiger partial charge in [-0.05, 0) is 74.6 Å². The summed E-state index contributed by atoms with van der Waals surface area (Å²) in [6, 6.07) is 9.19. The molecule has 186 valence electrons. The van der Waals surface area contributed by atoms with E-state index in [0.29, 0.717) is 34.2 Å². The lowest BCUT2D eigenvalue weighted by atomic mass is 9.98. The first-order valence-corrected chi connectivity index (χ1v) is 11.6.